The molecule has 2 aliphatic heterocycles. The van der Waals surface area contributed by atoms with Gasteiger partial charge in [-0.1, -0.05) is 18.5 Å². The van der Waals surface area contributed by atoms with Gasteiger partial charge in [0.2, 0.25) is 5.91 Å². The van der Waals surface area contributed by atoms with Crippen LogP contribution in [0.2, 0.25) is 5.02 Å². The van der Waals surface area contributed by atoms with Crippen LogP contribution in [0.15, 0.2) is 48.5 Å². The topological polar surface area (TPSA) is 84.0 Å². The number of imide groups is 1. The van der Waals surface area contributed by atoms with Gasteiger partial charge in [-0.25, -0.2) is 9.69 Å². The van der Waals surface area contributed by atoms with Gasteiger partial charge in [0.1, 0.15) is 0 Å². The van der Waals surface area contributed by atoms with E-state index < -0.39 is 18.6 Å². The normalized spacial score (nSPS) is 21.3. The molecule has 172 valence electrons. The summed E-state index contributed by atoms with van der Waals surface area (Å²) in [5.74, 6) is -0.969. The monoisotopic (exact) mass is 468 g/mol. The lowest BCUT2D eigenvalue weighted by atomic mass is 9.98. The predicted molar refractivity (Wildman–Crippen MR) is 123 cm³/mol. The summed E-state index contributed by atoms with van der Waals surface area (Å²) in [5, 5.41) is 0.510. The molecule has 8 heteroatoms. The van der Waals surface area contributed by atoms with Crippen LogP contribution in [0.3, 0.4) is 0 Å². The van der Waals surface area contributed by atoms with Gasteiger partial charge in [0, 0.05) is 17.1 Å². The maximum Gasteiger partial charge on any atom is 0.338 e. The van der Waals surface area contributed by atoms with E-state index in [0.29, 0.717) is 22.2 Å². The Kier molecular flexibility index (Phi) is 6.91. The van der Waals surface area contributed by atoms with E-state index in [0.717, 1.165) is 25.9 Å². The second-order valence-corrected chi connectivity index (χ2v) is 9.02. The first-order chi connectivity index (χ1) is 15.8. The highest BCUT2D eigenvalue weighted by atomic mass is 35.5. The highest BCUT2D eigenvalue weighted by Gasteiger charge is 2.43. The lowest BCUT2D eigenvalue weighted by Gasteiger charge is -2.34. The molecule has 0 radical (unpaired) electrons. The van der Waals surface area contributed by atoms with Gasteiger partial charge in [0.15, 0.2) is 12.4 Å². The second kappa shape index (κ2) is 9.85. The van der Waals surface area contributed by atoms with Crippen molar-refractivity contribution in [2.24, 2.45) is 5.92 Å². The predicted octanol–water partition coefficient (Wildman–Crippen LogP) is 3.74. The standard InChI is InChI=1S/C25H25ClN2O5/c1-16-3-2-12-27(14-16)21-13-23(30)28(24(21)31)20-10-6-18(7-11-20)25(32)33-15-22(29)17-4-8-19(26)9-5-17/h4-11,16,21H,2-3,12-15H2,1H3. The van der Waals surface area contributed by atoms with Gasteiger partial charge >= 0.3 is 5.97 Å². The number of carbonyl (C=O) groups is 4. The Morgan fingerprint density at radius 2 is 1.70 bits per heavy atom. The van der Waals surface area contributed by atoms with Crippen LogP contribution in [-0.4, -0.2) is 54.2 Å². The highest BCUT2D eigenvalue weighted by Crippen LogP contribution is 2.28. The number of anilines is 1. The average molecular weight is 469 g/mol. The fourth-order valence-electron chi connectivity index (χ4n) is 4.36. The number of likely N-dealkylation sites (tertiary alicyclic amines) is 1. The summed E-state index contributed by atoms with van der Waals surface area (Å²) >= 11 is 5.81. The molecule has 0 spiro atoms. The van der Waals surface area contributed by atoms with Crippen LogP contribution in [0.4, 0.5) is 5.69 Å². The number of hydrogen-bond acceptors (Lipinski definition) is 6. The van der Waals surface area contributed by atoms with Crippen LogP contribution in [0.25, 0.3) is 0 Å². The molecule has 33 heavy (non-hydrogen) atoms. The number of Topliss-reactive ketones (excluding diaryl/α,β-unsaturated/α-hetero) is 1. The van der Waals surface area contributed by atoms with Crippen LogP contribution in [0, 0.1) is 5.92 Å². The zero-order valence-corrected chi connectivity index (χ0v) is 19.1. The molecule has 2 aromatic carbocycles. The number of hydrogen-bond donors (Lipinski definition) is 0. The number of benzene rings is 2. The van der Waals surface area contributed by atoms with Gasteiger partial charge in [-0.15, -0.1) is 0 Å². The van der Waals surface area contributed by atoms with Crippen molar-refractivity contribution in [2.75, 3.05) is 24.6 Å². The van der Waals surface area contributed by atoms with Gasteiger partial charge in [0.25, 0.3) is 5.91 Å². The molecule has 2 heterocycles. The smallest absolute Gasteiger partial charge is 0.338 e. The number of ketones is 1. The first-order valence-corrected chi connectivity index (χ1v) is 11.4. The average Bonchev–Trinajstić information content (AvgIpc) is 3.11. The molecule has 2 aromatic rings. The van der Waals surface area contributed by atoms with Gasteiger partial charge < -0.3 is 4.74 Å². The summed E-state index contributed by atoms with van der Waals surface area (Å²) in [6, 6.07) is 12.0. The van der Waals surface area contributed by atoms with Gasteiger partial charge in [-0.3, -0.25) is 19.3 Å². The minimum Gasteiger partial charge on any atom is -0.454 e. The number of amides is 2. The molecule has 0 aliphatic carbocycles. The van der Waals surface area contributed by atoms with Crippen LogP contribution < -0.4 is 4.90 Å². The number of ether oxygens (including phenoxy) is 1. The second-order valence-electron chi connectivity index (χ2n) is 8.58. The minimum absolute atomic E-state index is 0.169. The molecule has 0 aromatic heterocycles. The molecule has 2 amide bonds. The van der Waals surface area contributed by atoms with Gasteiger partial charge in [0.05, 0.1) is 23.7 Å². The van der Waals surface area contributed by atoms with E-state index in [4.69, 9.17) is 16.3 Å². The molecule has 4 rings (SSSR count). The third-order valence-corrected chi connectivity index (χ3v) is 6.37. The maximum absolute atomic E-state index is 13.0. The molecule has 0 N–H and O–H groups in total. The van der Waals surface area contributed by atoms with Crippen molar-refractivity contribution in [3.63, 3.8) is 0 Å². The number of esters is 1. The third kappa shape index (κ3) is 5.15. The summed E-state index contributed by atoms with van der Waals surface area (Å²) in [6.45, 7) is 3.39. The Morgan fingerprint density at radius 3 is 2.36 bits per heavy atom. The molecule has 2 unspecified atom stereocenters. The van der Waals surface area contributed by atoms with Crippen molar-refractivity contribution in [1.82, 2.24) is 4.90 Å². The number of halogens is 1. The van der Waals surface area contributed by atoms with Crippen LogP contribution in [-0.2, 0) is 14.3 Å². The molecular weight excluding hydrogens is 444 g/mol. The number of rotatable bonds is 6. The van der Waals surface area contributed by atoms with E-state index in [1.807, 2.05) is 0 Å². The van der Waals surface area contributed by atoms with E-state index in [1.165, 1.54) is 17.0 Å². The molecular formula is C25H25ClN2O5. The van der Waals surface area contributed by atoms with E-state index >= 15 is 0 Å². The Bertz CT molecular complexity index is 1070. The number of piperidine rings is 1. The molecule has 0 saturated carbocycles. The van der Waals surface area contributed by atoms with E-state index in [9.17, 15) is 19.2 Å². The Morgan fingerprint density at radius 1 is 1.03 bits per heavy atom. The fourth-order valence-corrected chi connectivity index (χ4v) is 4.49. The molecule has 2 saturated heterocycles. The Hall–Kier alpha value is -3.03. The Balaban J connectivity index is 1.37. The maximum atomic E-state index is 13.0. The minimum atomic E-state index is -0.664. The number of carbonyl (C=O) groups excluding carboxylic acids is 4. The summed E-state index contributed by atoms with van der Waals surface area (Å²) in [5.41, 5.74) is 1.04. The first-order valence-electron chi connectivity index (χ1n) is 11.0. The Labute approximate surface area is 197 Å². The van der Waals surface area contributed by atoms with E-state index in [-0.39, 0.29) is 29.6 Å². The first kappa shape index (κ1) is 23.1. The van der Waals surface area contributed by atoms with Crippen LogP contribution >= 0.6 is 11.6 Å². The SMILES string of the molecule is CC1CCCN(C2CC(=O)N(c3ccc(C(=O)OCC(=O)c4ccc(Cl)cc4)cc3)C2=O)C1. The largest absolute Gasteiger partial charge is 0.454 e. The highest BCUT2D eigenvalue weighted by molar-refractivity contribution is 6.30. The van der Waals surface area contributed by atoms with E-state index in [2.05, 4.69) is 11.8 Å². The molecule has 2 aliphatic rings. The van der Waals surface area contributed by atoms with Gasteiger partial charge in [-0.2, -0.15) is 0 Å². The third-order valence-electron chi connectivity index (χ3n) is 6.11. The summed E-state index contributed by atoms with van der Waals surface area (Å²) in [6.07, 6.45) is 2.33. The quantitative estimate of drug-likeness (QED) is 0.365. The summed E-state index contributed by atoms with van der Waals surface area (Å²) < 4.78 is 5.11. The molecule has 0 bridgehead atoms. The van der Waals surface area contributed by atoms with Crippen LogP contribution in [0.5, 0.6) is 0 Å². The lowest BCUT2D eigenvalue weighted by Crippen LogP contribution is -2.46. The van der Waals surface area contributed by atoms with Crippen molar-refractivity contribution >= 4 is 40.9 Å². The van der Waals surface area contributed by atoms with E-state index in [1.54, 1.807) is 36.4 Å². The van der Waals surface area contributed by atoms with Crippen molar-refractivity contribution in [2.45, 2.75) is 32.2 Å². The summed E-state index contributed by atoms with van der Waals surface area (Å²) in [7, 11) is 0. The summed E-state index contributed by atoms with van der Waals surface area (Å²) in [4.78, 5) is 53.4. The molecule has 7 nitrogen and oxygen atoms in total. The fraction of sp³-hybridized carbons (Fsp3) is 0.360. The zero-order chi connectivity index (χ0) is 23.5. The van der Waals surface area contributed by atoms with Crippen molar-refractivity contribution in [1.29, 1.82) is 0 Å². The molecule has 2 fully saturated rings. The van der Waals surface area contributed by atoms with Crippen molar-refractivity contribution in [3.8, 4) is 0 Å². The zero-order valence-electron chi connectivity index (χ0n) is 18.3. The van der Waals surface area contributed by atoms with Crippen LogP contribution in [0.1, 0.15) is 46.9 Å². The van der Waals surface area contributed by atoms with Crippen molar-refractivity contribution in [3.05, 3.63) is 64.7 Å². The lowest BCUT2D eigenvalue weighted by molar-refractivity contribution is -0.123. The van der Waals surface area contributed by atoms with Crippen molar-refractivity contribution < 1.29 is 23.9 Å². The number of nitrogens with zero attached hydrogens (tertiary/aromatic N) is 2. The van der Waals surface area contributed by atoms with Gasteiger partial charge in [-0.05, 0) is 73.8 Å². The molecule has 2 atom stereocenters.